The Kier molecular flexibility index (Phi) is 3.47. The summed E-state index contributed by atoms with van der Waals surface area (Å²) in [6, 6.07) is 5.09. The lowest BCUT2D eigenvalue weighted by Crippen LogP contribution is -2.19. The predicted molar refractivity (Wildman–Crippen MR) is 70.3 cm³/mol. The Bertz CT molecular complexity index is 667. The molecule has 0 spiro atoms. The number of aromatic nitrogens is 2. The molecule has 21 heavy (non-hydrogen) atoms. The van der Waals surface area contributed by atoms with E-state index in [0.717, 1.165) is 0 Å². The van der Waals surface area contributed by atoms with Crippen LogP contribution in [0.3, 0.4) is 0 Å². The molecule has 1 unspecified atom stereocenters. The zero-order chi connectivity index (χ0) is 14.8. The van der Waals surface area contributed by atoms with E-state index in [0.29, 0.717) is 36.1 Å². The van der Waals surface area contributed by atoms with E-state index in [2.05, 4.69) is 10.1 Å². The fourth-order valence-corrected chi connectivity index (χ4v) is 1.99. The Hall–Kier alpha value is -2.57. The van der Waals surface area contributed by atoms with Gasteiger partial charge in [-0.15, -0.1) is 0 Å². The Morgan fingerprint density at radius 2 is 2.14 bits per heavy atom. The molecule has 2 aromatic rings. The molecule has 1 aromatic carbocycles. The summed E-state index contributed by atoms with van der Waals surface area (Å²) < 4.78 is 21.2. The quantitative estimate of drug-likeness (QED) is 0.800. The largest absolute Gasteiger partial charge is 0.486 e. The standard InChI is InChI=1S/C14H14N2O5/c1-8(13-15-9(2)16-21-13)20-14(17)10-4-3-5-11-12(10)19-7-6-18-11/h3-5,8H,6-7H2,1-2H3. The monoisotopic (exact) mass is 290 g/mol. The van der Waals surface area contributed by atoms with Gasteiger partial charge in [-0.05, 0) is 26.0 Å². The first kappa shape index (κ1) is 13.4. The maximum Gasteiger partial charge on any atom is 0.342 e. The number of carbonyl (C=O) groups excluding carboxylic acids is 1. The highest BCUT2D eigenvalue weighted by Gasteiger charge is 2.24. The maximum atomic E-state index is 12.3. The number of nitrogens with zero attached hydrogens (tertiary/aromatic N) is 2. The van der Waals surface area contributed by atoms with E-state index in [9.17, 15) is 4.79 Å². The van der Waals surface area contributed by atoms with Crippen molar-refractivity contribution < 1.29 is 23.5 Å². The van der Waals surface area contributed by atoms with Crippen molar-refractivity contribution >= 4 is 5.97 Å². The van der Waals surface area contributed by atoms with Crippen molar-refractivity contribution in [2.24, 2.45) is 0 Å². The summed E-state index contributed by atoms with van der Waals surface area (Å²) in [5.74, 6) is 1.16. The van der Waals surface area contributed by atoms with Crippen molar-refractivity contribution in [2.75, 3.05) is 13.2 Å². The summed E-state index contributed by atoms with van der Waals surface area (Å²) in [6.45, 7) is 4.22. The highest BCUT2D eigenvalue weighted by molar-refractivity contribution is 5.93. The average Bonchev–Trinajstić information content (AvgIpc) is 2.93. The van der Waals surface area contributed by atoms with E-state index in [1.807, 2.05) is 0 Å². The molecular weight excluding hydrogens is 276 g/mol. The predicted octanol–water partition coefficient (Wildman–Crippen LogP) is 2.07. The van der Waals surface area contributed by atoms with E-state index in [4.69, 9.17) is 18.7 Å². The summed E-state index contributed by atoms with van der Waals surface area (Å²) in [5, 5.41) is 3.67. The van der Waals surface area contributed by atoms with Crippen LogP contribution < -0.4 is 9.47 Å². The Balaban J connectivity index is 1.79. The number of benzene rings is 1. The minimum atomic E-state index is -0.640. The van der Waals surface area contributed by atoms with Crippen LogP contribution in [0.25, 0.3) is 0 Å². The Labute approximate surface area is 120 Å². The summed E-state index contributed by atoms with van der Waals surface area (Å²) >= 11 is 0. The number of rotatable bonds is 3. The second-order valence-electron chi connectivity index (χ2n) is 4.56. The second-order valence-corrected chi connectivity index (χ2v) is 4.56. The third-order valence-electron chi connectivity index (χ3n) is 2.96. The van der Waals surface area contributed by atoms with Crippen molar-refractivity contribution in [3.05, 3.63) is 35.5 Å². The molecule has 110 valence electrons. The molecule has 7 heteroatoms. The lowest BCUT2D eigenvalue weighted by Gasteiger charge is -2.20. The number of para-hydroxylation sites is 1. The lowest BCUT2D eigenvalue weighted by atomic mass is 10.1. The van der Waals surface area contributed by atoms with Gasteiger partial charge >= 0.3 is 5.97 Å². The average molecular weight is 290 g/mol. The van der Waals surface area contributed by atoms with Crippen molar-refractivity contribution in [1.29, 1.82) is 0 Å². The minimum Gasteiger partial charge on any atom is -0.486 e. The molecule has 0 saturated heterocycles. The summed E-state index contributed by atoms with van der Waals surface area (Å²) in [6.07, 6.45) is -0.640. The third-order valence-corrected chi connectivity index (χ3v) is 2.96. The van der Waals surface area contributed by atoms with Crippen LogP contribution in [0.1, 0.15) is 35.1 Å². The second kappa shape index (κ2) is 5.43. The van der Waals surface area contributed by atoms with Gasteiger partial charge in [0, 0.05) is 0 Å². The molecule has 0 N–H and O–H groups in total. The number of fused-ring (bicyclic) bond motifs is 1. The molecule has 1 atom stereocenters. The van der Waals surface area contributed by atoms with Crippen LogP contribution in [0.15, 0.2) is 22.7 Å². The van der Waals surface area contributed by atoms with E-state index in [-0.39, 0.29) is 5.89 Å². The van der Waals surface area contributed by atoms with Crippen LogP contribution in [0.2, 0.25) is 0 Å². The van der Waals surface area contributed by atoms with Gasteiger partial charge in [-0.25, -0.2) is 4.79 Å². The number of hydrogen-bond donors (Lipinski definition) is 0. The van der Waals surface area contributed by atoms with Crippen molar-refractivity contribution in [2.45, 2.75) is 20.0 Å². The van der Waals surface area contributed by atoms with Crippen molar-refractivity contribution in [3.63, 3.8) is 0 Å². The number of carbonyl (C=O) groups is 1. The SMILES string of the molecule is Cc1noc(C(C)OC(=O)c2cccc3c2OCCO3)n1. The normalized spacial score (nSPS) is 14.6. The molecule has 2 heterocycles. The number of hydrogen-bond acceptors (Lipinski definition) is 7. The van der Waals surface area contributed by atoms with Crippen molar-refractivity contribution in [3.8, 4) is 11.5 Å². The molecular formula is C14H14N2O5. The van der Waals surface area contributed by atoms with Gasteiger partial charge in [0.1, 0.15) is 18.8 Å². The van der Waals surface area contributed by atoms with Gasteiger partial charge in [-0.2, -0.15) is 4.98 Å². The molecule has 1 aliphatic rings. The van der Waals surface area contributed by atoms with E-state index in [1.165, 1.54) is 0 Å². The first-order chi connectivity index (χ1) is 10.1. The first-order valence-corrected chi connectivity index (χ1v) is 6.55. The van der Waals surface area contributed by atoms with Gasteiger partial charge in [0.25, 0.3) is 5.89 Å². The minimum absolute atomic E-state index is 0.253. The first-order valence-electron chi connectivity index (χ1n) is 6.55. The molecule has 3 rings (SSSR count). The van der Waals surface area contributed by atoms with Crippen LogP contribution in [0.5, 0.6) is 11.5 Å². The van der Waals surface area contributed by atoms with Gasteiger partial charge in [-0.1, -0.05) is 11.2 Å². The Morgan fingerprint density at radius 1 is 1.33 bits per heavy atom. The van der Waals surface area contributed by atoms with Gasteiger partial charge < -0.3 is 18.7 Å². The zero-order valence-corrected chi connectivity index (χ0v) is 11.7. The van der Waals surface area contributed by atoms with Crippen LogP contribution >= 0.6 is 0 Å². The number of esters is 1. The fourth-order valence-electron chi connectivity index (χ4n) is 1.99. The lowest BCUT2D eigenvalue weighted by molar-refractivity contribution is 0.0257. The van der Waals surface area contributed by atoms with Crippen LogP contribution in [-0.4, -0.2) is 29.3 Å². The van der Waals surface area contributed by atoms with Crippen LogP contribution in [0, 0.1) is 6.92 Å². The molecule has 1 aliphatic heterocycles. The highest BCUT2D eigenvalue weighted by Crippen LogP contribution is 2.34. The molecule has 0 radical (unpaired) electrons. The van der Waals surface area contributed by atoms with E-state index in [1.54, 1.807) is 32.0 Å². The highest BCUT2D eigenvalue weighted by atomic mass is 16.6. The van der Waals surface area contributed by atoms with Gasteiger partial charge in [-0.3, -0.25) is 0 Å². The van der Waals surface area contributed by atoms with Crippen molar-refractivity contribution in [1.82, 2.24) is 10.1 Å². The zero-order valence-electron chi connectivity index (χ0n) is 11.7. The number of aryl methyl sites for hydroxylation is 1. The molecule has 0 fully saturated rings. The van der Waals surface area contributed by atoms with E-state index >= 15 is 0 Å². The molecule has 0 aliphatic carbocycles. The van der Waals surface area contributed by atoms with E-state index < -0.39 is 12.1 Å². The molecule has 0 amide bonds. The molecule has 1 aromatic heterocycles. The smallest absolute Gasteiger partial charge is 0.342 e. The Morgan fingerprint density at radius 3 is 2.90 bits per heavy atom. The van der Waals surface area contributed by atoms with Crippen LogP contribution in [-0.2, 0) is 4.74 Å². The van der Waals surface area contributed by atoms with Gasteiger partial charge in [0.2, 0.25) is 0 Å². The summed E-state index contributed by atoms with van der Waals surface area (Å²) in [7, 11) is 0. The molecule has 0 bridgehead atoms. The number of ether oxygens (including phenoxy) is 3. The molecule has 0 saturated carbocycles. The summed E-state index contributed by atoms with van der Waals surface area (Å²) in [4.78, 5) is 16.3. The van der Waals surface area contributed by atoms with Crippen LogP contribution in [0.4, 0.5) is 0 Å². The fraction of sp³-hybridized carbons (Fsp3) is 0.357. The summed E-state index contributed by atoms with van der Waals surface area (Å²) in [5.41, 5.74) is 0.315. The van der Waals surface area contributed by atoms with Gasteiger partial charge in [0.15, 0.2) is 23.4 Å². The topological polar surface area (TPSA) is 83.7 Å². The maximum absolute atomic E-state index is 12.3. The third kappa shape index (κ3) is 2.67. The van der Waals surface area contributed by atoms with Gasteiger partial charge in [0.05, 0.1) is 0 Å². The molecule has 7 nitrogen and oxygen atoms in total.